The van der Waals surface area contributed by atoms with Crippen molar-refractivity contribution in [2.75, 3.05) is 87.2 Å². The van der Waals surface area contributed by atoms with Gasteiger partial charge in [-0.15, -0.1) is 6.58 Å². The fourth-order valence-electron chi connectivity index (χ4n) is 6.87. The molecule has 0 aliphatic carbocycles. The van der Waals surface area contributed by atoms with Crippen LogP contribution in [-0.2, 0) is 9.63 Å². The van der Waals surface area contributed by atoms with Crippen molar-refractivity contribution in [1.82, 2.24) is 19.8 Å². The van der Waals surface area contributed by atoms with Gasteiger partial charge in [0.15, 0.2) is 5.82 Å². The number of amides is 1. The van der Waals surface area contributed by atoms with Crippen LogP contribution in [0.3, 0.4) is 0 Å². The van der Waals surface area contributed by atoms with E-state index in [9.17, 15) is 4.79 Å². The predicted octanol–water partition coefficient (Wildman–Crippen LogP) is 5.02. The number of aromatic nitrogens is 2. The Kier molecular flexibility index (Phi) is 10.7. The first kappa shape index (κ1) is 33.3. The Hall–Kier alpha value is -4.65. The molecule has 0 radical (unpaired) electrons. The maximum Gasteiger partial charge on any atom is 0.247 e. The standard InChI is InChI=1S/C36H46N8O4/c1-5-13-41-16-18-42(19-17-41)27-10-14-43(15-11-27)32-23-33(47-4)30(22-29(32)40-36(45)6-2)39-34-24-35(38-25-37-34)44-31(12-20-48-44)26-8-7-9-28(21-26)46-3/h5-9,21-25,27,31H,1-2,10-20H2,3-4H3,(H,40,45)(H,37,38,39). The number of hydroxylamine groups is 1. The topological polar surface area (TPSA) is 108 Å². The molecule has 3 saturated heterocycles. The summed E-state index contributed by atoms with van der Waals surface area (Å²) >= 11 is 0. The molecule has 4 heterocycles. The van der Waals surface area contributed by atoms with Gasteiger partial charge in [0.25, 0.3) is 0 Å². The van der Waals surface area contributed by atoms with Crippen molar-refractivity contribution in [3.8, 4) is 11.5 Å². The van der Waals surface area contributed by atoms with Crippen LogP contribution in [0.5, 0.6) is 11.5 Å². The summed E-state index contributed by atoms with van der Waals surface area (Å²) in [6, 6.07) is 14.2. The zero-order valence-electron chi connectivity index (χ0n) is 27.9. The van der Waals surface area contributed by atoms with Crippen molar-refractivity contribution in [3.63, 3.8) is 0 Å². The molecule has 1 amide bonds. The number of piperazine rings is 1. The maximum absolute atomic E-state index is 12.6. The monoisotopic (exact) mass is 654 g/mol. The second-order valence-electron chi connectivity index (χ2n) is 12.2. The molecule has 3 aromatic rings. The first-order valence-corrected chi connectivity index (χ1v) is 16.6. The Balaban J connectivity index is 1.19. The lowest BCUT2D eigenvalue weighted by molar-refractivity contribution is -0.111. The normalized spacial score (nSPS) is 19.2. The Morgan fingerprint density at radius 2 is 1.79 bits per heavy atom. The number of carbonyl (C=O) groups excluding carboxylic acids is 1. The second kappa shape index (κ2) is 15.5. The minimum Gasteiger partial charge on any atom is -0.497 e. The van der Waals surface area contributed by atoms with E-state index in [1.165, 1.54) is 12.4 Å². The summed E-state index contributed by atoms with van der Waals surface area (Å²) in [5, 5.41) is 8.24. The van der Waals surface area contributed by atoms with E-state index in [4.69, 9.17) is 14.3 Å². The number of ether oxygens (including phenoxy) is 2. The molecule has 3 aliphatic heterocycles. The number of hydrogen-bond acceptors (Lipinski definition) is 11. The van der Waals surface area contributed by atoms with Crippen LogP contribution in [0.25, 0.3) is 0 Å². The average Bonchev–Trinajstić information content (AvgIpc) is 3.63. The molecular weight excluding hydrogens is 608 g/mol. The highest BCUT2D eigenvalue weighted by molar-refractivity contribution is 6.02. The molecule has 48 heavy (non-hydrogen) atoms. The Morgan fingerprint density at radius 3 is 2.52 bits per heavy atom. The number of hydrogen-bond donors (Lipinski definition) is 2. The first-order valence-electron chi connectivity index (χ1n) is 16.6. The molecule has 12 heteroatoms. The van der Waals surface area contributed by atoms with Gasteiger partial charge in [0, 0.05) is 70.4 Å². The van der Waals surface area contributed by atoms with Gasteiger partial charge >= 0.3 is 0 Å². The fourth-order valence-corrected chi connectivity index (χ4v) is 6.87. The highest BCUT2D eigenvalue weighted by Gasteiger charge is 2.31. The van der Waals surface area contributed by atoms with Gasteiger partial charge in [0.2, 0.25) is 5.91 Å². The molecule has 0 spiro atoms. The Bertz CT molecular complexity index is 1590. The van der Waals surface area contributed by atoms with E-state index in [1.807, 2.05) is 47.5 Å². The van der Waals surface area contributed by atoms with E-state index in [0.29, 0.717) is 41.4 Å². The summed E-state index contributed by atoms with van der Waals surface area (Å²) in [5.41, 5.74) is 3.32. The van der Waals surface area contributed by atoms with Crippen LogP contribution in [0.15, 0.2) is 74.1 Å². The molecular formula is C36H46N8O4. The largest absolute Gasteiger partial charge is 0.497 e. The lowest BCUT2D eigenvalue weighted by Gasteiger charge is -2.43. The van der Waals surface area contributed by atoms with E-state index in [1.54, 1.807) is 14.2 Å². The summed E-state index contributed by atoms with van der Waals surface area (Å²) in [4.78, 5) is 35.0. The highest BCUT2D eigenvalue weighted by Crippen LogP contribution is 2.41. The average molecular weight is 655 g/mol. The lowest BCUT2D eigenvalue weighted by Crippen LogP contribution is -2.53. The minimum atomic E-state index is -0.279. The zero-order chi connectivity index (χ0) is 33.5. The van der Waals surface area contributed by atoms with Crippen molar-refractivity contribution in [3.05, 3.63) is 79.7 Å². The molecule has 1 atom stereocenters. The zero-order valence-corrected chi connectivity index (χ0v) is 27.9. The molecule has 2 aromatic carbocycles. The van der Waals surface area contributed by atoms with Crippen LogP contribution in [0.1, 0.15) is 30.9 Å². The van der Waals surface area contributed by atoms with Crippen molar-refractivity contribution in [1.29, 1.82) is 0 Å². The molecule has 0 saturated carbocycles. The number of rotatable bonds is 12. The van der Waals surface area contributed by atoms with Gasteiger partial charge in [-0.1, -0.05) is 24.8 Å². The van der Waals surface area contributed by atoms with Crippen molar-refractivity contribution < 1.29 is 19.1 Å². The third kappa shape index (κ3) is 7.56. The molecule has 1 unspecified atom stereocenters. The molecule has 12 nitrogen and oxygen atoms in total. The van der Waals surface area contributed by atoms with Crippen molar-refractivity contribution in [2.24, 2.45) is 0 Å². The van der Waals surface area contributed by atoms with Gasteiger partial charge in [0.1, 0.15) is 23.6 Å². The third-order valence-electron chi connectivity index (χ3n) is 9.40. The molecule has 0 bridgehead atoms. The van der Waals surface area contributed by atoms with Gasteiger partial charge in [-0.2, -0.15) is 0 Å². The van der Waals surface area contributed by atoms with Gasteiger partial charge in [0.05, 0.1) is 43.9 Å². The van der Waals surface area contributed by atoms with Crippen molar-refractivity contribution in [2.45, 2.75) is 31.3 Å². The SMILES string of the molecule is C=CCN1CCN(C2CCN(c3cc(OC)c(Nc4cc(N5OCCC5c5cccc(OC)c5)ncn4)cc3NC(=O)C=C)CC2)CC1. The molecule has 6 rings (SSSR count). The van der Waals surface area contributed by atoms with E-state index in [0.717, 1.165) is 82.1 Å². The van der Waals surface area contributed by atoms with E-state index >= 15 is 0 Å². The number of benzene rings is 2. The molecule has 3 aliphatic rings. The fraction of sp³-hybridized carbons (Fsp3) is 0.417. The van der Waals surface area contributed by atoms with Crippen LogP contribution >= 0.6 is 0 Å². The summed E-state index contributed by atoms with van der Waals surface area (Å²) in [6.45, 7) is 15.2. The second-order valence-corrected chi connectivity index (χ2v) is 12.2. The van der Waals surface area contributed by atoms with Gasteiger partial charge in [-0.05, 0) is 42.7 Å². The lowest BCUT2D eigenvalue weighted by atomic mass is 10.0. The van der Waals surface area contributed by atoms with Gasteiger partial charge in [-0.25, -0.2) is 15.0 Å². The Labute approximate surface area is 282 Å². The first-order chi connectivity index (χ1) is 23.5. The summed E-state index contributed by atoms with van der Waals surface area (Å²) < 4.78 is 11.3. The van der Waals surface area contributed by atoms with Crippen LogP contribution in [0.4, 0.5) is 28.7 Å². The van der Waals surface area contributed by atoms with Crippen LogP contribution in [0.2, 0.25) is 0 Å². The van der Waals surface area contributed by atoms with Crippen molar-refractivity contribution >= 4 is 34.6 Å². The number of nitrogens with zero attached hydrogens (tertiary/aromatic N) is 6. The van der Waals surface area contributed by atoms with Crippen LogP contribution in [0, 0.1) is 0 Å². The number of nitrogens with one attached hydrogen (secondary N) is 2. The summed E-state index contributed by atoms with van der Waals surface area (Å²) in [6.07, 6.45) is 7.69. The summed E-state index contributed by atoms with van der Waals surface area (Å²) in [7, 11) is 3.31. The third-order valence-corrected chi connectivity index (χ3v) is 9.40. The molecule has 1 aromatic heterocycles. The Morgan fingerprint density at radius 1 is 0.979 bits per heavy atom. The molecule has 254 valence electrons. The predicted molar refractivity (Wildman–Crippen MR) is 189 cm³/mol. The van der Waals surface area contributed by atoms with E-state index in [-0.39, 0.29) is 11.9 Å². The van der Waals surface area contributed by atoms with Gasteiger partial charge in [-0.3, -0.25) is 19.4 Å². The van der Waals surface area contributed by atoms with Crippen LogP contribution in [-0.4, -0.2) is 98.4 Å². The smallest absolute Gasteiger partial charge is 0.247 e. The molecule has 3 fully saturated rings. The number of methoxy groups -OCH3 is 2. The molecule has 2 N–H and O–H groups in total. The number of piperidine rings is 1. The van der Waals surface area contributed by atoms with E-state index in [2.05, 4.69) is 54.5 Å². The number of anilines is 5. The highest BCUT2D eigenvalue weighted by atomic mass is 16.7. The number of carbonyl (C=O) groups is 1. The summed E-state index contributed by atoms with van der Waals surface area (Å²) in [5.74, 6) is 2.33. The minimum absolute atomic E-state index is 0.0246. The quantitative estimate of drug-likeness (QED) is 0.203. The van der Waals surface area contributed by atoms with Crippen LogP contribution < -0.4 is 30.1 Å². The van der Waals surface area contributed by atoms with E-state index < -0.39 is 0 Å². The maximum atomic E-state index is 12.6. The van der Waals surface area contributed by atoms with Gasteiger partial charge < -0.3 is 25.0 Å².